The quantitative estimate of drug-likeness (QED) is 0.865. The Morgan fingerprint density at radius 2 is 2.06 bits per heavy atom. The van der Waals surface area contributed by atoms with Crippen molar-refractivity contribution in [3.05, 3.63) is 29.6 Å². The van der Waals surface area contributed by atoms with Gasteiger partial charge in [-0.1, -0.05) is 0 Å². The summed E-state index contributed by atoms with van der Waals surface area (Å²) in [6, 6.07) is 2.10. The van der Waals surface area contributed by atoms with E-state index in [1.165, 1.54) is 37.3 Å². The molecule has 1 aromatic rings. The van der Waals surface area contributed by atoms with E-state index in [0.717, 1.165) is 18.4 Å². The van der Waals surface area contributed by atoms with E-state index in [-0.39, 0.29) is 12.4 Å². The lowest BCUT2D eigenvalue weighted by Gasteiger charge is -2.17. The first-order valence-corrected chi connectivity index (χ1v) is 6.15. The number of nitrogens with zero attached hydrogens (tertiary/aromatic N) is 2. The minimum atomic E-state index is 0. The summed E-state index contributed by atoms with van der Waals surface area (Å²) in [7, 11) is 0. The molecule has 2 saturated heterocycles. The Morgan fingerprint density at radius 1 is 1.35 bits per heavy atom. The normalized spacial score (nSPS) is 27.8. The first-order valence-electron chi connectivity index (χ1n) is 6.15. The van der Waals surface area contributed by atoms with Gasteiger partial charge in [0.2, 0.25) is 0 Å². The van der Waals surface area contributed by atoms with Gasteiger partial charge in [0.15, 0.2) is 0 Å². The average Bonchev–Trinajstić information content (AvgIpc) is 2.81. The fourth-order valence-corrected chi connectivity index (χ4v) is 2.98. The molecular formula is C13H20ClN3. The Hall–Kier alpha value is -0.640. The number of likely N-dealkylation sites (tertiary alicyclic amines) is 1. The minimum absolute atomic E-state index is 0. The summed E-state index contributed by atoms with van der Waals surface area (Å²) in [5.41, 5.74) is 2.75. The minimum Gasteiger partial charge on any atom is -0.316 e. The van der Waals surface area contributed by atoms with Crippen LogP contribution in [0.2, 0.25) is 0 Å². The van der Waals surface area contributed by atoms with Crippen LogP contribution >= 0.6 is 12.4 Å². The highest BCUT2D eigenvalue weighted by Crippen LogP contribution is 2.27. The van der Waals surface area contributed by atoms with Crippen LogP contribution in [-0.2, 0) is 6.54 Å². The smallest absolute Gasteiger partial charge is 0.0315 e. The van der Waals surface area contributed by atoms with E-state index in [2.05, 4.69) is 28.2 Å². The molecule has 0 bridgehead atoms. The lowest BCUT2D eigenvalue weighted by atomic mass is 10.0. The second-order valence-electron chi connectivity index (χ2n) is 5.17. The van der Waals surface area contributed by atoms with Crippen LogP contribution in [0.15, 0.2) is 18.5 Å². The molecule has 3 rings (SSSR count). The number of pyridine rings is 1. The standard InChI is InChI=1S/C13H19N3.ClH/c1-10-2-3-14-4-11(10)7-16-8-12-5-15-6-13(12)9-16;/h2-4,12-13,15H,5-9H2,1H3;1H/t12-,13+;. The molecule has 2 atom stereocenters. The van der Waals surface area contributed by atoms with E-state index in [1.807, 2.05) is 12.4 Å². The molecule has 3 heterocycles. The highest BCUT2D eigenvalue weighted by molar-refractivity contribution is 5.85. The van der Waals surface area contributed by atoms with E-state index in [0.29, 0.717) is 0 Å². The van der Waals surface area contributed by atoms with Gasteiger partial charge in [-0.2, -0.15) is 0 Å². The molecule has 4 heteroatoms. The van der Waals surface area contributed by atoms with Crippen LogP contribution in [0.5, 0.6) is 0 Å². The Balaban J connectivity index is 0.00000108. The molecule has 0 radical (unpaired) electrons. The molecule has 2 aliphatic rings. The molecule has 1 aromatic heterocycles. The molecule has 94 valence electrons. The molecule has 0 unspecified atom stereocenters. The van der Waals surface area contributed by atoms with E-state index >= 15 is 0 Å². The van der Waals surface area contributed by atoms with Crippen molar-refractivity contribution < 1.29 is 0 Å². The van der Waals surface area contributed by atoms with Crippen molar-refractivity contribution in [3.63, 3.8) is 0 Å². The van der Waals surface area contributed by atoms with Crippen molar-refractivity contribution in [2.45, 2.75) is 13.5 Å². The third kappa shape index (κ3) is 2.62. The number of hydrogen-bond acceptors (Lipinski definition) is 3. The lowest BCUT2D eigenvalue weighted by Crippen LogP contribution is -2.25. The Labute approximate surface area is 109 Å². The van der Waals surface area contributed by atoms with Gasteiger partial charge in [0.05, 0.1) is 0 Å². The Morgan fingerprint density at radius 3 is 2.71 bits per heavy atom. The van der Waals surface area contributed by atoms with Crippen molar-refractivity contribution in [1.29, 1.82) is 0 Å². The number of aryl methyl sites for hydroxylation is 1. The van der Waals surface area contributed by atoms with Crippen LogP contribution in [0.3, 0.4) is 0 Å². The van der Waals surface area contributed by atoms with Crippen molar-refractivity contribution >= 4 is 12.4 Å². The topological polar surface area (TPSA) is 28.2 Å². The maximum atomic E-state index is 4.22. The largest absolute Gasteiger partial charge is 0.316 e. The highest BCUT2D eigenvalue weighted by atomic mass is 35.5. The number of fused-ring (bicyclic) bond motifs is 1. The maximum Gasteiger partial charge on any atom is 0.0315 e. The zero-order valence-corrected chi connectivity index (χ0v) is 11.0. The summed E-state index contributed by atoms with van der Waals surface area (Å²) >= 11 is 0. The van der Waals surface area contributed by atoms with E-state index < -0.39 is 0 Å². The van der Waals surface area contributed by atoms with Crippen LogP contribution in [0.25, 0.3) is 0 Å². The zero-order valence-electron chi connectivity index (χ0n) is 10.2. The van der Waals surface area contributed by atoms with Crippen LogP contribution in [0.4, 0.5) is 0 Å². The number of aromatic nitrogens is 1. The maximum absolute atomic E-state index is 4.22. The van der Waals surface area contributed by atoms with E-state index in [1.54, 1.807) is 0 Å². The van der Waals surface area contributed by atoms with Crippen LogP contribution in [0, 0.1) is 18.8 Å². The summed E-state index contributed by atoms with van der Waals surface area (Å²) in [6.07, 6.45) is 3.89. The highest BCUT2D eigenvalue weighted by Gasteiger charge is 2.35. The van der Waals surface area contributed by atoms with Gasteiger partial charge in [0.1, 0.15) is 0 Å². The number of rotatable bonds is 2. The summed E-state index contributed by atoms with van der Waals surface area (Å²) in [5, 5.41) is 3.48. The molecule has 3 nitrogen and oxygen atoms in total. The Kier molecular flexibility index (Phi) is 4.02. The molecule has 0 aliphatic carbocycles. The van der Waals surface area contributed by atoms with Gasteiger partial charge in [0.25, 0.3) is 0 Å². The molecule has 2 fully saturated rings. The van der Waals surface area contributed by atoms with Gasteiger partial charge in [-0.3, -0.25) is 9.88 Å². The first-order chi connectivity index (χ1) is 7.83. The van der Waals surface area contributed by atoms with Crippen molar-refractivity contribution in [2.75, 3.05) is 26.2 Å². The molecule has 0 saturated carbocycles. The fourth-order valence-electron chi connectivity index (χ4n) is 2.98. The average molecular weight is 254 g/mol. The molecule has 17 heavy (non-hydrogen) atoms. The number of halogens is 1. The van der Waals surface area contributed by atoms with E-state index in [4.69, 9.17) is 0 Å². The van der Waals surface area contributed by atoms with Crippen LogP contribution < -0.4 is 5.32 Å². The van der Waals surface area contributed by atoms with Crippen molar-refractivity contribution in [2.24, 2.45) is 11.8 Å². The molecule has 0 spiro atoms. The van der Waals surface area contributed by atoms with Gasteiger partial charge in [-0.15, -0.1) is 12.4 Å². The molecule has 1 N–H and O–H groups in total. The molecule has 2 aliphatic heterocycles. The fraction of sp³-hybridized carbons (Fsp3) is 0.615. The first kappa shape index (κ1) is 12.8. The van der Waals surface area contributed by atoms with Gasteiger partial charge < -0.3 is 5.32 Å². The summed E-state index contributed by atoms with van der Waals surface area (Å²) < 4.78 is 0. The second kappa shape index (κ2) is 5.34. The van der Waals surface area contributed by atoms with Gasteiger partial charge in [0, 0.05) is 32.0 Å². The van der Waals surface area contributed by atoms with Crippen LogP contribution in [-0.4, -0.2) is 36.1 Å². The number of nitrogens with one attached hydrogen (secondary N) is 1. The third-order valence-electron chi connectivity index (χ3n) is 4.01. The predicted octanol–water partition coefficient (Wildman–Crippen LogP) is 1.46. The third-order valence-corrected chi connectivity index (χ3v) is 4.01. The summed E-state index contributed by atoms with van der Waals surface area (Å²) in [5.74, 6) is 1.77. The monoisotopic (exact) mass is 253 g/mol. The SMILES string of the molecule is Cc1ccncc1CN1C[C@H]2CNC[C@H]2C1.Cl. The Bertz CT molecular complexity index is 371. The summed E-state index contributed by atoms with van der Waals surface area (Å²) in [4.78, 5) is 6.80. The molecular weight excluding hydrogens is 234 g/mol. The summed E-state index contributed by atoms with van der Waals surface area (Å²) in [6.45, 7) is 8.19. The molecule has 0 aromatic carbocycles. The van der Waals surface area contributed by atoms with Crippen molar-refractivity contribution in [1.82, 2.24) is 15.2 Å². The second-order valence-corrected chi connectivity index (χ2v) is 5.17. The van der Waals surface area contributed by atoms with Gasteiger partial charge >= 0.3 is 0 Å². The van der Waals surface area contributed by atoms with Gasteiger partial charge in [-0.25, -0.2) is 0 Å². The molecule has 0 amide bonds. The zero-order chi connectivity index (χ0) is 11.0. The predicted molar refractivity (Wildman–Crippen MR) is 71.3 cm³/mol. The lowest BCUT2D eigenvalue weighted by molar-refractivity contribution is 0.304. The van der Waals surface area contributed by atoms with Crippen LogP contribution in [0.1, 0.15) is 11.1 Å². The van der Waals surface area contributed by atoms with Crippen molar-refractivity contribution in [3.8, 4) is 0 Å². The van der Waals surface area contributed by atoms with Gasteiger partial charge in [-0.05, 0) is 49.0 Å². The number of hydrogen-bond donors (Lipinski definition) is 1. The van der Waals surface area contributed by atoms with E-state index in [9.17, 15) is 0 Å².